The average molecular weight is 483 g/mol. The van der Waals surface area contributed by atoms with Crippen LogP contribution < -0.4 is 10.5 Å². The Morgan fingerprint density at radius 1 is 1.15 bits per heavy atom. The van der Waals surface area contributed by atoms with Crippen LogP contribution in [0.25, 0.3) is 11.7 Å². The van der Waals surface area contributed by atoms with Crippen molar-refractivity contribution in [1.82, 2.24) is 14.3 Å². The molecule has 0 aromatic carbocycles. The molecular formula is C25H30N4O2S2. The van der Waals surface area contributed by atoms with E-state index in [9.17, 15) is 9.59 Å². The Morgan fingerprint density at radius 2 is 1.85 bits per heavy atom. The average Bonchev–Trinajstić information content (AvgIpc) is 3.37. The maximum absolute atomic E-state index is 13.7. The molecule has 0 bridgehead atoms. The first-order valence-corrected chi connectivity index (χ1v) is 13.1. The van der Waals surface area contributed by atoms with E-state index < -0.39 is 0 Å². The van der Waals surface area contributed by atoms with Gasteiger partial charge in [0.15, 0.2) is 0 Å². The first kappa shape index (κ1) is 22.6. The first-order chi connectivity index (χ1) is 15.8. The lowest BCUT2D eigenvalue weighted by atomic mass is 9.91. The summed E-state index contributed by atoms with van der Waals surface area (Å²) in [4.78, 5) is 36.6. The summed E-state index contributed by atoms with van der Waals surface area (Å²) in [5, 5.41) is 0. The van der Waals surface area contributed by atoms with Crippen molar-refractivity contribution in [2.24, 2.45) is 11.8 Å². The summed E-state index contributed by atoms with van der Waals surface area (Å²) in [5.74, 6) is 1.63. The van der Waals surface area contributed by atoms with Gasteiger partial charge in [0.2, 0.25) is 0 Å². The molecule has 1 aliphatic carbocycles. The molecule has 1 saturated carbocycles. The van der Waals surface area contributed by atoms with E-state index >= 15 is 0 Å². The number of piperidine rings is 1. The van der Waals surface area contributed by atoms with Gasteiger partial charge in [0, 0.05) is 25.3 Å². The lowest BCUT2D eigenvalue weighted by molar-refractivity contribution is -0.123. The Labute approximate surface area is 204 Å². The summed E-state index contributed by atoms with van der Waals surface area (Å²) in [7, 11) is 0. The molecule has 33 heavy (non-hydrogen) atoms. The number of rotatable bonds is 3. The van der Waals surface area contributed by atoms with Gasteiger partial charge < -0.3 is 4.90 Å². The molecule has 8 heteroatoms. The van der Waals surface area contributed by atoms with Gasteiger partial charge in [0.1, 0.15) is 15.8 Å². The molecule has 2 unspecified atom stereocenters. The summed E-state index contributed by atoms with van der Waals surface area (Å²) in [6.45, 7) is 8.16. The normalized spacial score (nSPS) is 25.7. The number of carbonyl (C=O) groups is 1. The zero-order valence-electron chi connectivity index (χ0n) is 19.4. The van der Waals surface area contributed by atoms with E-state index in [1.54, 1.807) is 21.6 Å². The third-order valence-electron chi connectivity index (χ3n) is 7.02. The highest BCUT2D eigenvalue weighted by atomic mass is 32.2. The summed E-state index contributed by atoms with van der Waals surface area (Å²) < 4.78 is 2.20. The molecule has 5 rings (SSSR count). The quantitative estimate of drug-likeness (QED) is 0.470. The van der Waals surface area contributed by atoms with Crippen molar-refractivity contribution in [3.63, 3.8) is 0 Å². The fourth-order valence-electron chi connectivity index (χ4n) is 5.59. The molecule has 0 N–H and O–H groups in total. The minimum atomic E-state index is -0.143. The summed E-state index contributed by atoms with van der Waals surface area (Å²) >= 11 is 6.89. The van der Waals surface area contributed by atoms with Gasteiger partial charge in [-0.2, -0.15) is 0 Å². The number of aromatic nitrogens is 2. The van der Waals surface area contributed by atoms with Crippen molar-refractivity contribution in [2.45, 2.75) is 58.9 Å². The largest absolute Gasteiger partial charge is 0.355 e. The van der Waals surface area contributed by atoms with E-state index in [1.165, 1.54) is 11.8 Å². The predicted molar refractivity (Wildman–Crippen MR) is 139 cm³/mol. The molecule has 2 saturated heterocycles. The standard InChI is InChI=1S/C25H30N4O2S2/c1-15-11-16(2)14-27(13-15)22-19(23(30)28-10-6-7-17(3)21(28)26-22)12-20-24(31)29(25(32)33-20)18-8-4-5-9-18/h6-7,10,12,15-16,18H,4-5,8-9,11,13-14H2,1-3H3/b20-12-. The van der Waals surface area contributed by atoms with E-state index in [-0.39, 0.29) is 17.5 Å². The predicted octanol–water partition coefficient (Wildman–Crippen LogP) is 4.63. The Balaban J connectivity index is 1.64. The number of hydrogen-bond acceptors (Lipinski definition) is 6. The summed E-state index contributed by atoms with van der Waals surface area (Å²) in [5.41, 5.74) is 1.95. The van der Waals surface area contributed by atoms with Crippen LogP contribution >= 0.6 is 24.0 Å². The summed E-state index contributed by atoms with van der Waals surface area (Å²) in [6.07, 6.45) is 8.91. The van der Waals surface area contributed by atoms with Crippen LogP contribution in [-0.2, 0) is 4.79 Å². The number of pyridine rings is 1. The van der Waals surface area contributed by atoms with Gasteiger partial charge >= 0.3 is 0 Å². The number of anilines is 1. The topological polar surface area (TPSA) is 57.9 Å². The number of carbonyl (C=O) groups excluding carboxylic acids is 1. The van der Waals surface area contributed by atoms with Gasteiger partial charge in [-0.1, -0.05) is 56.7 Å². The molecule has 3 fully saturated rings. The van der Waals surface area contributed by atoms with Crippen molar-refractivity contribution < 1.29 is 4.79 Å². The van der Waals surface area contributed by atoms with Crippen molar-refractivity contribution in [3.05, 3.63) is 44.7 Å². The van der Waals surface area contributed by atoms with Gasteiger partial charge in [-0.15, -0.1) is 0 Å². The van der Waals surface area contributed by atoms with Crippen LogP contribution in [0.1, 0.15) is 57.1 Å². The number of thiocarbonyl (C=S) groups is 1. The molecule has 0 spiro atoms. The Morgan fingerprint density at radius 3 is 2.55 bits per heavy atom. The number of fused-ring (bicyclic) bond motifs is 1. The second kappa shape index (κ2) is 8.87. The number of amides is 1. The Hall–Kier alpha value is -2.19. The van der Waals surface area contributed by atoms with Gasteiger partial charge in [-0.25, -0.2) is 4.98 Å². The van der Waals surface area contributed by atoms with Gasteiger partial charge in [0.05, 0.1) is 10.5 Å². The highest BCUT2D eigenvalue weighted by Crippen LogP contribution is 2.38. The number of nitrogens with zero attached hydrogens (tertiary/aromatic N) is 4. The van der Waals surface area contributed by atoms with Crippen LogP contribution in [0.15, 0.2) is 28.0 Å². The molecule has 2 aromatic rings. The third kappa shape index (κ3) is 4.12. The number of aryl methyl sites for hydroxylation is 1. The molecule has 174 valence electrons. The van der Waals surface area contributed by atoms with Gasteiger partial charge in [-0.05, 0) is 55.7 Å². The summed E-state index contributed by atoms with van der Waals surface area (Å²) in [6, 6.07) is 4.02. The van der Waals surface area contributed by atoms with Crippen molar-refractivity contribution >= 4 is 51.7 Å². The first-order valence-electron chi connectivity index (χ1n) is 11.9. The third-order valence-corrected chi connectivity index (χ3v) is 8.35. The fraction of sp³-hybridized carbons (Fsp3) is 0.520. The zero-order valence-corrected chi connectivity index (χ0v) is 21.0. The molecule has 2 atom stereocenters. The minimum absolute atomic E-state index is 0.0723. The smallest absolute Gasteiger partial charge is 0.267 e. The Kier molecular flexibility index (Phi) is 6.07. The van der Waals surface area contributed by atoms with Gasteiger partial charge in [0.25, 0.3) is 11.5 Å². The van der Waals surface area contributed by atoms with Crippen LogP contribution in [0.5, 0.6) is 0 Å². The molecule has 0 radical (unpaired) electrons. The van der Waals surface area contributed by atoms with Crippen molar-refractivity contribution in [3.8, 4) is 0 Å². The zero-order chi connectivity index (χ0) is 23.3. The molecule has 3 aliphatic rings. The molecule has 2 aliphatic heterocycles. The lowest BCUT2D eigenvalue weighted by Gasteiger charge is -2.36. The van der Waals surface area contributed by atoms with Crippen molar-refractivity contribution in [2.75, 3.05) is 18.0 Å². The van der Waals surface area contributed by atoms with Crippen LogP contribution in [0.3, 0.4) is 0 Å². The highest BCUT2D eigenvalue weighted by Gasteiger charge is 2.38. The second-order valence-electron chi connectivity index (χ2n) is 9.88. The van der Waals surface area contributed by atoms with E-state index in [1.807, 2.05) is 19.1 Å². The molecule has 1 amide bonds. The van der Waals surface area contributed by atoms with Crippen LogP contribution in [0, 0.1) is 18.8 Å². The monoisotopic (exact) mass is 482 g/mol. The maximum atomic E-state index is 13.7. The molecular weight excluding hydrogens is 452 g/mol. The lowest BCUT2D eigenvalue weighted by Crippen LogP contribution is -2.41. The fourth-order valence-corrected chi connectivity index (χ4v) is 6.97. The highest BCUT2D eigenvalue weighted by molar-refractivity contribution is 8.26. The number of hydrogen-bond donors (Lipinski definition) is 0. The second-order valence-corrected chi connectivity index (χ2v) is 11.6. The number of thioether (sulfide) groups is 1. The SMILES string of the molecule is Cc1cccn2c(=O)c(/C=C3\SC(=S)N(C4CCCC4)C3=O)c(N3CC(C)CC(C)C3)nc12. The maximum Gasteiger partial charge on any atom is 0.267 e. The van der Waals surface area contributed by atoms with E-state index in [0.717, 1.165) is 50.8 Å². The molecule has 6 nitrogen and oxygen atoms in total. The van der Waals surface area contributed by atoms with Crippen LogP contribution in [-0.4, -0.2) is 43.6 Å². The van der Waals surface area contributed by atoms with E-state index in [4.69, 9.17) is 17.2 Å². The van der Waals surface area contributed by atoms with Gasteiger partial charge in [-0.3, -0.25) is 18.9 Å². The van der Waals surface area contributed by atoms with Crippen LogP contribution in [0.2, 0.25) is 0 Å². The minimum Gasteiger partial charge on any atom is -0.355 e. The molecule has 4 heterocycles. The van der Waals surface area contributed by atoms with Crippen LogP contribution in [0.4, 0.5) is 5.82 Å². The molecule has 2 aromatic heterocycles. The van der Waals surface area contributed by atoms with E-state index in [0.29, 0.717) is 38.1 Å². The van der Waals surface area contributed by atoms with Crippen molar-refractivity contribution in [1.29, 1.82) is 0 Å². The van der Waals surface area contributed by atoms with E-state index in [2.05, 4.69) is 18.7 Å². The Bertz CT molecular complexity index is 1200.